The van der Waals surface area contributed by atoms with Gasteiger partial charge in [0.1, 0.15) is 6.61 Å². The molecule has 0 spiro atoms. The van der Waals surface area contributed by atoms with Gasteiger partial charge in [-0.1, -0.05) is 45.4 Å². The van der Waals surface area contributed by atoms with Gasteiger partial charge < -0.3 is 9.84 Å². The summed E-state index contributed by atoms with van der Waals surface area (Å²) >= 11 is 0. The summed E-state index contributed by atoms with van der Waals surface area (Å²) in [4.78, 5) is 11.7. The fourth-order valence-corrected chi connectivity index (χ4v) is 1.78. The maximum Gasteiger partial charge on any atom is 0.311 e. The van der Waals surface area contributed by atoms with Crippen molar-refractivity contribution >= 4 is 5.97 Å². The van der Waals surface area contributed by atoms with E-state index in [1.54, 1.807) is 0 Å². The minimum absolute atomic E-state index is 0.0984. The summed E-state index contributed by atoms with van der Waals surface area (Å²) < 4.78 is 4.96. The topological polar surface area (TPSA) is 46.5 Å². The Kier molecular flexibility index (Phi) is 9.14. The lowest BCUT2D eigenvalue weighted by Gasteiger charge is -2.22. The Bertz CT molecular complexity index is 200. The van der Waals surface area contributed by atoms with E-state index in [1.165, 1.54) is 32.1 Å². The number of carbonyl (C=O) groups excluding carboxylic acids is 1. The van der Waals surface area contributed by atoms with Crippen LogP contribution in [0.3, 0.4) is 0 Å². The van der Waals surface area contributed by atoms with E-state index in [2.05, 4.69) is 6.92 Å². The minimum Gasteiger partial charge on any atom is -0.463 e. The Balaban J connectivity index is 3.65. The van der Waals surface area contributed by atoms with Gasteiger partial charge in [-0.15, -0.1) is 0 Å². The number of esters is 1. The van der Waals surface area contributed by atoms with E-state index in [0.29, 0.717) is 0 Å². The number of hydrogen-bond donors (Lipinski definition) is 1. The minimum atomic E-state index is -0.417. The number of carbonyl (C=O) groups is 1. The lowest BCUT2D eigenvalue weighted by molar-refractivity contribution is -0.155. The molecule has 3 nitrogen and oxygen atoms in total. The summed E-state index contributed by atoms with van der Waals surface area (Å²) in [6, 6.07) is 0. The van der Waals surface area contributed by atoms with Gasteiger partial charge in [0.05, 0.1) is 12.0 Å². The summed E-state index contributed by atoms with van der Waals surface area (Å²) in [6.07, 6.45) is 8.26. The van der Waals surface area contributed by atoms with Crippen LogP contribution in [-0.2, 0) is 9.53 Å². The quantitative estimate of drug-likeness (QED) is 0.474. The van der Waals surface area contributed by atoms with Gasteiger partial charge in [-0.05, 0) is 20.3 Å². The van der Waals surface area contributed by atoms with Crippen molar-refractivity contribution in [2.24, 2.45) is 5.41 Å². The highest BCUT2D eigenvalue weighted by Crippen LogP contribution is 2.25. The Morgan fingerprint density at radius 2 is 1.71 bits per heavy atom. The Morgan fingerprint density at radius 3 is 2.29 bits per heavy atom. The van der Waals surface area contributed by atoms with Crippen LogP contribution in [0.15, 0.2) is 0 Å². The van der Waals surface area contributed by atoms with Crippen LogP contribution in [0.5, 0.6) is 0 Å². The third-order valence-electron chi connectivity index (χ3n) is 3.03. The summed E-state index contributed by atoms with van der Waals surface area (Å²) in [5, 5.41) is 8.60. The molecule has 0 unspecified atom stereocenters. The van der Waals surface area contributed by atoms with E-state index in [0.717, 1.165) is 12.8 Å². The number of aliphatic hydroxyl groups is 1. The molecular formula is C14H28O3. The molecule has 0 aliphatic heterocycles. The predicted molar refractivity (Wildman–Crippen MR) is 69.8 cm³/mol. The van der Waals surface area contributed by atoms with E-state index in [1.807, 2.05) is 13.8 Å². The van der Waals surface area contributed by atoms with Crippen LogP contribution in [0, 0.1) is 5.41 Å². The van der Waals surface area contributed by atoms with E-state index >= 15 is 0 Å². The first kappa shape index (κ1) is 16.4. The average molecular weight is 244 g/mol. The zero-order chi connectivity index (χ0) is 13.1. The zero-order valence-electron chi connectivity index (χ0n) is 11.6. The molecule has 0 amide bonds. The molecule has 0 saturated carbocycles. The molecule has 0 atom stereocenters. The maximum atomic E-state index is 11.7. The SMILES string of the molecule is CCCCCCCCC(C)(C)C(=O)OCCO. The first-order valence-corrected chi connectivity index (χ1v) is 6.82. The van der Waals surface area contributed by atoms with Crippen LogP contribution in [0.25, 0.3) is 0 Å². The van der Waals surface area contributed by atoms with E-state index in [4.69, 9.17) is 9.84 Å². The molecule has 102 valence electrons. The molecular weight excluding hydrogens is 216 g/mol. The molecule has 0 aromatic heterocycles. The lowest BCUT2D eigenvalue weighted by Crippen LogP contribution is -2.27. The number of ether oxygens (including phenoxy) is 1. The van der Waals surface area contributed by atoms with Gasteiger partial charge in [-0.25, -0.2) is 0 Å². The highest BCUT2D eigenvalue weighted by Gasteiger charge is 2.28. The third-order valence-corrected chi connectivity index (χ3v) is 3.03. The summed E-state index contributed by atoms with van der Waals surface area (Å²) in [6.45, 7) is 6.05. The molecule has 17 heavy (non-hydrogen) atoms. The van der Waals surface area contributed by atoms with Crippen LogP contribution in [0.1, 0.15) is 65.7 Å². The van der Waals surface area contributed by atoms with Gasteiger partial charge in [0.25, 0.3) is 0 Å². The smallest absolute Gasteiger partial charge is 0.311 e. The van der Waals surface area contributed by atoms with E-state index in [9.17, 15) is 4.79 Å². The second-order valence-electron chi connectivity index (χ2n) is 5.26. The summed E-state index contributed by atoms with van der Waals surface area (Å²) in [5.41, 5.74) is -0.417. The van der Waals surface area contributed by atoms with Crippen molar-refractivity contribution in [2.45, 2.75) is 65.7 Å². The molecule has 3 heteroatoms. The van der Waals surface area contributed by atoms with Crippen molar-refractivity contribution in [3.63, 3.8) is 0 Å². The van der Waals surface area contributed by atoms with Gasteiger partial charge in [0.2, 0.25) is 0 Å². The number of hydrogen-bond acceptors (Lipinski definition) is 3. The van der Waals surface area contributed by atoms with Crippen molar-refractivity contribution in [3.05, 3.63) is 0 Å². The van der Waals surface area contributed by atoms with Gasteiger partial charge in [-0.2, -0.15) is 0 Å². The van der Waals surface area contributed by atoms with Crippen LogP contribution < -0.4 is 0 Å². The maximum absolute atomic E-state index is 11.7. The highest BCUT2D eigenvalue weighted by atomic mass is 16.5. The molecule has 1 N–H and O–H groups in total. The van der Waals surface area contributed by atoms with Gasteiger partial charge in [-0.3, -0.25) is 4.79 Å². The molecule has 0 aromatic rings. The largest absolute Gasteiger partial charge is 0.463 e. The lowest BCUT2D eigenvalue weighted by atomic mass is 9.87. The fourth-order valence-electron chi connectivity index (χ4n) is 1.78. The zero-order valence-corrected chi connectivity index (χ0v) is 11.6. The molecule has 0 rings (SSSR count). The number of aliphatic hydroxyl groups excluding tert-OH is 1. The average Bonchev–Trinajstić information content (AvgIpc) is 2.30. The monoisotopic (exact) mass is 244 g/mol. The fraction of sp³-hybridized carbons (Fsp3) is 0.929. The molecule has 0 aliphatic carbocycles. The van der Waals surface area contributed by atoms with Crippen molar-refractivity contribution < 1.29 is 14.6 Å². The van der Waals surface area contributed by atoms with Gasteiger partial charge in [0, 0.05) is 0 Å². The first-order valence-electron chi connectivity index (χ1n) is 6.82. The molecule has 0 fully saturated rings. The second kappa shape index (κ2) is 9.46. The summed E-state index contributed by atoms with van der Waals surface area (Å²) in [7, 11) is 0. The van der Waals surface area contributed by atoms with Crippen LogP contribution in [0.4, 0.5) is 0 Å². The van der Waals surface area contributed by atoms with Crippen molar-refractivity contribution in [1.29, 1.82) is 0 Å². The van der Waals surface area contributed by atoms with Crippen molar-refractivity contribution in [3.8, 4) is 0 Å². The third kappa shape index (κ3) is 8.19. The molecule has 0 bridgehead atoms. The standard InChI is InChI=1S/C14H28O3/c1-4-5-6-7-8-9-10-14(2,3)13(16)17-12-11-15/h15H,4-12H2,1-3H3. The van der Waals surface area contributed by atoms with Gasteiger partial charge in [0.15, 0.2) is 0 Å². The van der Waals surface area contributed by atoms with Crippen LogP contribution in [-0.4, -0.2) is 24.3 Å². The van der Waals surface area contributed by atoms with Gasteiger partial charge >= 0.3 is 5.97 Å². The molecule has 0 radical (unpaired) electrons. The van der Waals surface area contributed by atoms with Crippen molar-refractivity contribution in [2.75, 3.05) is 13.2 Å². The van der Waals surface area contributed by atoms with Crippen LogP contribution >= 0.6 is 0 Å². The van der Waals surface area contributed by atoms with E-state index < -0.39 is 5.41 Å². The molecule has 0 heterocycles. The summed E-state index contributed by atoms with van der Waals surface area (Å²) in [5.74, 6) is -0.194. The van der Waals surface area contributed by atoms with Crippen molar-refractivity contribution in [1.82, 2.24) is 0 Å². The van der Waals surface area contributed by atoms with E-state index in [-0.39, 0.29) is 19.2 Å². The Morgan fingerprint density at radius 1 is 1.12 bits per heavy atom. The Labute approximate surface area is 106 Å². The normalized spacial score (nSPS) is 11.5. The second-order valence-corrected chi connectivity index (χ2v) is 5.26. The highest BCUT2D eigenvalue weighted by molar-refractivity contribution is 5.75. The molecule has 0 aliphatic rings. The Hall–Kier alpha value is -0.570. The molecule has 0 saturated heterocycles. The first-order chi connectivity index (χ1) is 8.04. The van der Waals surface area contributed by atoms with Crippen LogP contribution in [0.2, 0.25) is 0 Å². The molecule has 0 aromatic carbocycles. The number of rotatable bonds is 10. The number of unbranched alkanes of at least 4 members (excludes halogenated alkanes) is 5. The predicted octanol–water partition coefficient (Wildman–Crippen LogP) is 3.30.